The van der Waals surface area contributed by atoms with Gasteiger partial charge in [0, 0.05) is 21.5 Å². The lowest BCUT2D eigenvalue weighted by Gasteiger charge is -2.19. The van der Waals surface area contributed by atoms with Crippen LogP contribution < -0.4 is 5.32 Å². The average molecular weight is 349 g/mol. The molecule has 126 valence electrons. The molecular formula is C16H17ClN4O3. The van der Waals surface area contributed by atoms with Gasteiger partial charge >= 0.3 is 5.97 Å². The summed E-state index contributed by atoms with van der Waals surface area (Å²) in [4.78, 5) is 27.3. The van der Waals surface area contributed by atoms with Crippen LogP contribution in [0.5, 0.6) is 0 Å². The summed E-state index contributed by atoms with van der Waals surface area (Å²) in [7, 11) is 1.31. The lowest BCUT2D eigenvalue weighted by molar-refractivity contribution is -0.143. The van der Waals surface area contributed by atoms with E-state index in [-0.39, 0.29) is 29.7 Å². The topological polar surface area (TPSA) is 104 Å². The monoisotopic (exact) mass is 348 g/mol. The van der Waals surface area contributed by atoms with Gasteiger partial charge in [0.2, 0.25) is 0 Å². The van der Waals surface area contributed by atoms with Gasteiger partial charge < -0.3 is 10.1 Å². The smallest absolute Gasteiger partial charge is 0.328 e. The first kappa shape index (κ1) is 16.6. The van der Waals surface area contributed by atoms with Gasteiger partial charge in [-0.1, -0.05) is 16.7 Å². The number of carbonyl (C=O) groups is 2. The summed E-state index contributed by atoms with van der Waals surface area (Å²) in [5.74, 6) is -0.167. The number of hydrogen-bond acceptors (Lipinski definition) is 4. The summed E-state index contributed by atoms with van der Waals surface area (Å²) in [5, 5.41) is 7.06. The van der Waals surface area contributed by atoms with Crippen molar-refractivity contribution < 1.29 is 14.3 Å². The van der Waals surface area contributed by atoms with Crippen LogP contribution in [0.4, 0.5) is 0 Å². The molecule has 0 aromatic heterocycles. The Morgan fingerprint density at radius 3 is 2.50 bits per heavy atom. The number of nitrogens with one attached hydrogen (secondary N) is 1. The standard InChI is InChI=1S/C16H17ClN4O3/c1-24-16(23)14(13-11-6-10(20-21-18)7-12(11)13)19-15(22)8-2-4-9(17)5-3-8/h2-5,10-14H,6-7H2,1H3,(H,19,22). The number of amides is 1. The molecule has 0 bridgehead atoms. The number of hydrogen-bond donors (Lipinski definition) is 1. The number of halogens is 1. The van der Waals surface area contributed by atoms with Crippen LogP contribution in [0.15, 0.2) is 29.4 Å². The van der Waals surface area contributed by atoms with E-state index in [0.29, 0.717) is 10.6 Å². The van der Waals surface area contributed by atoms with Gasteiger partial charge in [-0.25, -0.2) is 4.79 Å². The minimum absolute atomic E-state index is 0.00786. The Morgan fingerprint density at radius 1 is 1.33 bits per heavy atom. The predicted octanol–water partition coefficient (Wildman–Crippen LogP) is 2.95. The molecule has 3 rings (SSSR count). The SMILES string of the molecule is COC(=O)C(NC(=O)c1ccc(Cl)cc1)C1C2CC(N=[N+]=[N-])CC21. The van der Waals surface area contributed by atoms with Crippen molar-refractivity contribution in [1.82, 2.24) is 5.32 Å². The lowest BCUT2D eigenvalue weighted by Crippen LogP contribution is -2.44. The highest BCUT2D eigenvalue weighted by atomic mass is 35.5. The zero-order valence-electron chi connectivity index (χ0n) is 13.1. The van der Waals surface area contributed by atoms with E-state index in [9.17, 15) is 9.59 Å². The van der Waals surface area contributed by atoms with Gasteiger partial charge in [0.15, 0.2) is 0 Å². The number of rotatable bonds is 5. The summed E-state index contributed by atoms with van der Waals surface area (Å²) in [6, 6.07) is 5.78. The van der Waals surface area contributed by atoms with Crippen molar-refractivity contribution >= 4 is 23.5 Å². The van der Waals surface area contributed by atoms with Crippen molar-refractivity contribution in [3.63, 3.8) is 0 Å². The van der Waals surface area contributed by atoms with Crippen LogP contribution in [0.1, 0.15) is 23.2 Å². The Kier molecular flexibility index (Phi) is 4.64. The number of nitrogens with zero attached hydrogens (tertiary/aromatic N) is 3. The Hall–Kier alpha value is -2.24. The average Bonchev–Trinajstić information content (AvgIpc) is 3.06. The molecule has 3 unspecified atom stereocenters. The predicted molar refractivity (Wildman–Crippen MR) is 87.4 cm³/mol. The normalized spacial score (nSPS) is 28.2. The number of fused-ring (bicyclic) bond motifs is 1. The third-order valence-electron chi connectivity index (χ3n) is 4.93. The molecule has 2 aliphatic rings. The molecule has 2 fully saturated rings. The number of azide groups is 1. The van der Waals surface area contributed by atoms with Crippen LogP contribution >= 0.6 is 11.6 Å². The Bertz CT molecular complexity index is 690. The van der Waals surface area contributed by atoms with Crippen LogP contribution in [0.25, 0.3) is 10.4 Å². The molecule has 1 aromatic rings. The molecule has 3 atom stereocenters. The van der Waals surface area contributed by atoms with E-state index < -0.39 is 12.0 Å². The molecule has 7 nitrogen and oxygen atoms in total. The van der Waals surface area contributed by atoms with Gasteiger partial charge in [0.05, 0.1) is 7.11 Å². The number of esters is 1. The molecule has 0 aliphatic heterocycles. The number of benzene rings is 1. The molecule has 8 heteroatoms. The number of ether oxygens (including phenoxy) is 1. The van der Waals surface area contributed by atoms with Gasteiger partial charge in [0.1, 0.15) is 6.04 Å². The minimum atomic E-state index is -0.680. The number of carbonyl (C=O) groups excluding carboxylic acids is 2. The van der Waals surface area contributed by atoms with Crippen LogP contribution in [0.3, 0.4) is 0 Å². The second kappa shape index (κ2) is 6.71. The maximum atomic E-state index is 12.4. The molecule has 0 saturated heterocycles. The van der Waals surface area contributed by atoms with E-state index in [1.54, 1.807) is 24.3 Å². The van der Waals surface area contributed by atoms with Crippen molar-refractivity contribution in [2.24, 2.45) is 22.9 Å². The first-order valence-electron chi connectivity index (χ1n) is 7.73. The molecular weight excluding hydrogens is 332 g/mol. The van der Waals surface area contributed by atoms with Crippen LogP contribution in [-0.4, -0.2) is 31.1 Å². The summed E-state index contributed by atoms with van der Waals surface area (Å²) >= 11 is 5.82. The van der Waals surface area contributed by atoms with Gasteiger partial charge in [-0.3, -0.25) is 4.79 Å². The van der Waals surface area contributed by atoms with Crippen molar-refractivity contribution in [1.29, 1.82) is 0 Å². The summed E-state index contributed by atoms with van der Waals surface area (Å²) < 4.78 is 4.85. The van der Waals surface area contributed by atoms with Crippen LogP contribution in [-0.2, 0) is 9.53 Å². The molecule has 0 heterocycles. The van der Waals surface area contributed by atoms with E-state index in [4.69, 9.17) is 21.9 Å². The van der Waals surface area contributed by atoms with E-state index in [1.165, 1.54) is 7.11 Å². The second-order valence-corrected chi connectivity index (χ2v) is 6.65. The number of methoxy groups -OCH3 is 1. The van der Waals surface area contributed by atoms with Gasteiger partial charge in [-0.15, -0.1) is 0 Å². The third kappa shape index (κ3) is 3.18. The lowest BCUT2D eigenvalue weighted by atomic mass is 10.0. The van der Waals surface area contributed by atoms with Crippen molar-refractivity contribution in [2.75, 3.05) is 7.11 Å². The molecule has 0 spiro atoms. The van der Waals surface area contributed by atoms with Crippen molar-refractivity contribution in [2.45, 2.75) is 24.9 Å². The largest absolute Gasteiger partial charge is 0.467 e. The fourth-order valence-corrected chi connectivity index (χ4v) is 3.92. The minimum Gasteiger partial charge on any atom is -0.467 e. The first-order chi connectivity index (χ1) is 11.5. The van der Waals surface area contributed by atoms with E-state index >= 15 is 0 Å². The second-order valence-electron chi connectivity index (χ2n) is 6.22. The van der Waals surface area contributed by atoms with Crippen LogP contribution in [0, 0.1) is 17.8 Å². The third-order valence-corrected chi connectivity index (χ3v) is 5.19. The quantitative estimate of drug-likeness (QED) is 0.382. The fraction of sp³-hybridized carbons (Fsp3) is 0.500. The Labute approximate surface area is 143 Å². The maximum absolute atomic E-state index is 12.4. The zero-order valence-corrected chi connectivity index (χ0v) is 13.8. The first-order valence-corrected chi connectivity index (χ1v) is 8.11. The maximum Gasteiger partial charge on any atom is 0.328 e. The van der Waals surface area contributed by atoms with Gasteiger partial charge in [0.25, 0.3) is 5.91 Å². The molecule has 2 aliphatic carbocycles. The van der Waals surface area contributed by atoms with E-state index in [2.05, 4.69) is 15.3 Å². The Balaban J connectivity index is 1.68. The molecule has 1 aromatic carbocycles. The highest BCUT2D eigenvalue weighted by Gasteiger charge is 2.60. The van der Waals surface area contributed by atoms with Crippen molar-refractivity contribution in [3.8, 4) is 0 Å². The van der Waals surface area contributed by atoms with Crippen molar-refractivity contribution in [3.05, 3.63) is 45.3 Å². The molecule has 1 N–H and O–H groups in total. The molecule has 0 radical (unpaired) electrons. The summed E-state index contributed by atoms with van der Waals surface area (Å²) in [5.41, 5.74) is 8.95. The van der Waals surface area contributed by atoms with Gasteiger partial charge in [-0.2, -0.15) is 0 Å². The highest BCUT2D eigenvalue weighted by molar-refractivity contribution is 6.30. The fourth-order valence-electron chi connectivity index (χ4n) is 3.79. The molecule has 1 amide bonds. The van der Waals surface area contributed by atoms with E-state index in [1.807, 2.05) is 0 Å². The molecule has 24 heavy (non-hydrogen) atoms. The van der Waals surface area contributed by atoms with Crippen LogP contribution in [0.2, 0.25) is 5.02 Å². The zero-order chi connectivity index (χ0) is 17.3. The van der Waals surface area contributed by atoms with Gasteiger partial charge in [-0.05, 0) is 60.4 Å². The van der Waals surface area contributed by atoms with E-state index in [0.717, 1.165) is 12.8 Å². The highest BCUT2D eigenvalue weighted by Crippen LogP contribution is 2.59. The summed E-state index contributed by atoms with van der Waals surface area (Å²) in [6.07, 6.45) is 1.51. The summed E-state index contributed by atoms with van der Waals surface area (Å²) in [6.45, 7) is 0. The molecule has 2 saturated carbocycles. The Morgan fingerprint density at radius 2 is 1.96 bits per heavy atom.